The summed E-state index contributed by atoms with van der Waals surface area (Å²) in [6.45, 7) is 0.407. The van der Waals surface area contributed by atoms with E-state index in [1.54, 1.807) is 41.2 Å². The number of nitrogens with zero attached hydrogens (tertiary/aromatic N) is 2. The van der Waals surface area contributed by atoms with Gasteiger partial charge in [-0.15, -0.1) is 0 Å². The first-order valence-corrected chi connectivity index (χ1v) is 7.90. The van der Waals surface area contributed by atoms with Crippen LogP contribution in [0.2, 0.25) is 0 Å². The summed E-state index contributed by atoms with van der Waals surface area (Å²) in [4.78, 5) is 12.4. The van der Waals surface area contributed by atoms with Gasteiger partial charge in [0.15, 0.2) is 17.3 Å². The highest BCUT2D eigenvalue weighted by atomic mass is 19.1. The van der Waals surface area contributed by atoms with Crippen molar-refractivity contribution in [3.8, 4) is 11.5 Å². The summed E-state index contributed by atoms with van der Waals surface area (Å²) >= 11 is 0. The Kier molecular flexibility index (Phi) is 5.17. The summed E-state index contributed by atoms with van der Waals surface area (Å²) in [7, 11) is 3.04. The predicted molar refractivity (Wildman–Crippen MR) is 95.2 cm³/mol. The third-order valence-corrected chi connectivity index (χ3v) is 3.76. The molecular formula is C19H18FN3O3. The molecule has 26 heavy (non-hydrogen) atoms. The first kappa shape index (κ1) is 17.5. The van der Waals surface area contributed by atoms with Crippen LogP contribution in [0.3, 0.4) is 0 Å². The summed E-state index contributed by atoms with van der Waals surface area (Å²) in [5, 5.41) is 7.01. The molecule has 1 aromatic heterocycles. The highest BCUT2D eigenvalue weighted by Crippen LogP contribution is 2.27. The van der Waals surface area contributed by atoms with Crippen molar-refractivity contribution < 1.29 is 18.7 Å². The highest BCUT2D eigenvalue weighted by Gasteiger charge is 2.12. The first-order chi connectivity index (χ1) is 12.6. The Bertz CT molecular complexity index is 924. The number of rotatable bonds is 6. The quantitative estimate of drug-likeness (QED) is 0.736. The molecule has 0 atom stereocenters. The maximum Gasteiger partial charge on any atom is 0.257 e. The lowest BCUT2D eigenvalue weighted by atomic mass is 10.2. The number of amides is 1. The second kappa shape index (κ2) is 7.69. The summed E-state index contributed by atoms with van der Waals surface area (Å²) in [5.74, 6) is 0.806. The minimum atomic E-state index is -0.318. The van der Waals surface area contributed by atoms with Gasteiger partial charge in [0.2, 0.25) is 0 Å². The molecule has 0 aliphatic rings. The number of aromatic nitrogens is 2. The van der Waals surface area contributed by atoms with Crippen LogP contribution in [0.5, 0.6) is 11.5 Å². The summed E-state index contributed by atoms with van der Waals surface area (Å²) in [5.41, 5.74) is 1.20. The van der Waals surface area contributed by atoms with E-state index >= 15 is 0 Å². The van der Waals surface area contributed by atoms with Crippen molar-refractivity contribution in [1.82, 2.24) is 9.78 Å². The van der Waals surface area contributed by atoms with Crippen molar-refractivity contribution in [2.24, 2.45) is 0 Å². The number of nitrogens with one attached hydrogen (secondary N) is 1. The van der Waals surface area contributed by atoms with Crippen LogP contribution in [0.1, 0.15) is 15.9 Å². The fourth-order valence-electron chi connectivity index (χ4n) is 2.50. The van der Waals surface area contributed by atoms with Crippen LogP contribution in [0.15, 0.2) is 54.7 Å². The molecule has 0 fully saturated rings. The average Bonchev–Trinajstić information content (AvgIpc) is 3.07. The third kappa shape index (κ3) is 4.00. The topological polar surface area (TPSA) is 65.4 Å². The van der Waals surface area contributed by atoms with E-state index in [9.17, 15) is 9.18 Å². The normalized spacial score (nSPS) is 10.4. The minimum Gasteiger partial charge on any atom is -0.493 e. The van der Waals surface area contributed by atoms with Crippen LogP contribution >= 0.6 is 0 Å². The molecule has 0 bridgehead atoms. The number of carbonyl (C=O) groups is 1. The molecule has 0 aliphatic heterocycles. The van der Waals surface area contributed by atoms with Crippen molar-refractivity contribution >= 4 is 11.7 Å². The van der Waals surface area contributed by atoms with Gasteiger partial charge >= 0.3 is 0 Å². The van der Waals surface area contributed by atoms with E-state index in [1.807, 2.05) is 6.07 Å². The van der Waals surface area contributed by atoms with E-state index < -0.39 is 0 Å². The molecule has 3 rings (SSSR count). The first-order valence-electron chi connectivity index (χ1n) is 7.90. The molecule has 6 nitrogen and oxygen atoms in total. The van der Waals surface area contributed by atoms with Gasteiger partial charge in [0.05, 0.1) is 20.8 Å². The number of benzene rings is 2. The molecule has 7 heteroatoms. The molecule has 134 valence electrons. The van der Waals surface area contributed by atoms with Gasteiger partial charge < -0.3 is 14.8 Å². The van der Waals surface area contributed by atoms with Crippen LogP contribution < -0.4 is 14.8 Å². The van der Waals surface area contributed by atoms with Crippen LogP contribution in [0, 0.1) is 5.82 Å². The number of methoxy groups -OCH3 is 2. The molecule has 0 aliphatic carbocycles. The lowest BCUT2D eigenvalue weighted by molar-refractivity contribution is 0.102. The molecular weight excluding hydrogens is 337 g/mol. The Hall–Kier alpha value is -3.35. The molecule has 1 N–H and O–H groups in total. The minimum absolute atomic E-state index is 0.295. The zero-order chi connectivity index (χ0) is 18.5. The summed E-state index contributed by atoms with van der Waals surface area (Å²) in [6, 6.07) is 12.9. The maximum absolute atomic E-state index is 13.2. The molecule has 0 spiro atoms. The summed E-state index contributed by atoms with van der Waals surface area (Å²) < 4.78 is 25.2. The molecule has 1 heterocycles. The van der Waals surface area contributed by atoms with Crippen molar-refractivity contribution in [2.45, 2.75) is 6.54 Å². The Balaban J connectivity index is 1.69. The number of ether oxygens (including phenoxy) is 2. The van der Waals surface area contributed by atoms with Gasteiger partial charge in [-0.05, 0) is 35.9 Å². The Morgan fingerprint density at radius 2 is 1.92 bits per heavy atom. The van der Waals surface area contributed by atoms with Crippen LogP contribution in [-0.4, -0.2) is 29.9 Å². The van der Waals surface area contributed by atoms with Crippen molar-refractivity contribution in [1.29, 1.82) is 0 Å². The summed E-state index contributed by atoms with van der Waals surface area (Å²) in [6.07, 6.45) is 1.72. The van der Waals surface area contributed by atoms with E-state index in [-0.39, 0.29) is 11.7 Å². The fraction of sp³-hybridized carbons (Fsp3) is 0.158. The van der Waals surface area contributed by atoms with Crippen molar-refractivity contribution in [3.63, 3.8) is 0 Å². The Labute approximate surface area is 150 Å². The molecule has 2 aromatic carbocycles. The van der Waals surface area contributed by atoms with Gasteiger partial charge in [-0.1, -0.05) is 12.1 Å². The number of anilines is 1. The van der Waals surface area contributed by atoms with Gasteiger partial charge in [-0.25, -0.2) is 4.39 Å². The van der Waals surface area contributed by atoms with E-state index in [0.717, 1.165) is 5.56 Å². The monoisotopic (exact) mass is 355 g/mol. The largest absolute Gasteiger partial charge is 0.493 e. The fourth-order valence-corrected chi connectivity index (χ4v) is 2.50. The second-order valence-electron chi connectivity index (χ2n) is 5.55. The lowest BCUT2D eigenvalue weighted by Gasteiger charge is -2.09. The predicted octanol–water partition coefficient (Wildman–Crippen LogP) is 3.34. The Morgan fingerprint density at radius 3 is 2.65 bits per heavy atom. The molecule has 0 unspecified atom stereocenters. The van der Waals surface area contributed by atoms with Crippen LogP contribution in [0.4, 0.5) is 10.2 Å². The lowest BCUT2D eigenvalue weighted by Crippen LogP contribution is -2.13. The number of halogens is 1. The molecule has 0 radical (unpaired) electrons. The second-order valence-corrected chi connectivity index (χ2v) is 5.55. The van der Waals surface area contributed by atoms with Crippen LogP contribution in [0.25, 0.3) is 0 Å². The zero-order valence-electron chi connectivity index (χ0n) is 14.4. The third-order valence-electron chi connectivity index (χ3n) is 3.76. The number of hydrogen-bond donors (Lipinski definition) is 1. The van der Waals surface area contributed by atoms with Gasteiger partial charge in [-0.3, -0.25) is 9.48 Å². The van der Waals surface area contributed by atoms with E-state index in [2.05, 4.69) is 10.4 Å². The van der Waals surface area contributed by atoms with Gasteiger partial charge in [0.25, 0.3) is 5.91 Å². The molecule has 3 aromatic rings. The van der Waals surface area contributed by atoms with E-state index in [1.165, 1.54) is 26.4 Å². The standard InChI is InChI=1S/C19H18FN3O3/c1-25-16-7-6-14(11-17(16)26-2)19(24)21-18-8-9-23(22-18)12-13-4-3-5-15(20)10-13/h3-11H,12H2,1-2H3,(H,21,22,24). The smallest absolute Gasteiger partial charge is 0.257 e. The van der Waals surface area contributed by atoms with Gasteiger partial charge in [0.1, 0.15) is 5.82 Å². The molecule has 0 saturated carbocycles. The van der Waals surface area contributed by atoms with Crippen LogP contribution in [-0.2, 0) is 6.54 Å². The average molecular weight is 355 g/mol. The van der Waals surface area contributed by atoms with Gasteiger partial charge in [0, 0.05) is 17.8 Å². The number of carbonyl (C=O) groups excluding carboxylic acids is 1. The van der Waals surface area contributed by atoms with E-state index in [4.69, 9.17) is 9.47 Å². The Morgan fingerprint density at radius 1 is 1.12 bits per heavy atom. The maximum atomic E-state index is 13.2. The van der Waals surface area contributed by atoms with Gasteiger partial charge in [-0.2, -0.15) is 5.10 Å². The molecule has 0 saturated heterocycles. The highest BCUT2D eigenvalue weighted by molar-refractivity contribution is 6.04. The van der Waals surface area contributed by atoms with Crippen molar-refractivity contribution in [2.75, 3.05) is 19.5 Å². The molecule has 1 amide bonds. The zero-order valence-corrected chi connectivity index (χ0v) is 14.4. The van der Waals surface area contributed by atoms with E-state index in [0.29, 0.717) is 29.4 Å². The SMILES string of the molecule is COc1ccc(C(=O)Nc2ccn(Cc3cccc(F)c3)n2)cc1OC. The van der Waals surface area contributed by atoms with Crippen molar-refractivity contribution in [3.05, 3.63) is 71.7 Å². The number of hydrogen-bond acceptors (Lipinski definition) is 4.